The summed E-state index contributed by atoms with van der Waals surface area (Å²) in [5, 5.41) is 13.8. The van der Waals surface area contributed by atoms with E-state index in [1.54, 1.807) is 24.4 Å². The van der Waals surface area contributed by atoms with Crippen molar-refractivity contribution in [3.8, 4) is 0 Å². The molecule has 0 aliphatic rings. The number of hydrogen-bond donors (Lipinski definition) is 1. The molecule has 0 aliphatic carbocycles. The summed E-state index contributed by atoms with van der Waals surface area (Å²) in [6.45, 7) is 3.27. The van der Waals surface area contributed by atoms with E-state index in [4.69, 9.17) is 5.21 Å². The molecule has 0 radical (unpaired) electrons. The molecule has 0 spiro atoms. The van der Waals surface area contributed by atoms with Crippen LogP contribution < -0.4 is 0 Å². The molecule has 0 bridgehead atoms. The molecule has 0 amide bonds. The van der Waals surface area contributed by atoms with Crippen molar-refractivity contribution in [2.45, 2.75) is 13.8 Å². The Morgan fingerprint density at radius 2 is 2.29 bits per heavy atom. The van der Waals surface area contributed by atoms with Gasteiger partial charge in [0.15, 0.2) is 0 Å². The third kappa shape index (κ3) is 3.13. The Kier molecular flexibility index (Phi) is 4.84. The maximum atomic E-state index is 11.7. The van der Waals surface area contributed by atoms with Gasteiger partial charge in [-0.25, -0.2) is 4.79 Å². The maximum Gasteiger partial charge on any atom is 0.375 e. The smallest absolute Gasteiger partial charge is 0.375 e. The number of esters is 1. The second-order valence-corrected chi connectivity index (χ2v) is 4.22. The lowest BCUT2D eigenvalue weighted by atomic mass is 9.99. The Morgan fingerprint density at radius 3 is 2.76 bits per heavy atom. The van der Waals surface area contributed by atoms with E-state index in [0.717, 1.165) is 0 Å². The van der Waals surface area contributed by atoms with E-state index in [2.05, 4.69) is 9.89 Å². The number of oxime groups is 1. The van der Waals surface area contributed by atoms with Gasteiger partial charge in [-0.05, 0) is 25.3 Å². The van der Waals surface area contributed by atoms with E-state index in [0.29, 0.717) is 4.88 Å². The molecule has 0 saturated carbocycles. The zero-order valence-electron chi connectivity index (χ0n) is 9.54. The standard InChI is InChI=1S/C11H13NO4S/c1-3-16-11(14)10(13)7(2)9(12-15)8-5-4-6-17-8/h4-7,15H,3H2,1-2H3. The zero-order chi connectivity index (χ0) is 12.8. The summed E-state index contributed by atoms with van der Waals surface area (Å²) >= 11 is 1.33. The molecular formula is C11H13NO4S. The SMILES string of the molecule is CCOC(=O)C(=O)C(C)C(=NO)c1cccs1. The summed E-state index contributed by atoms with van der Waals surface area (Å²) < 4.78 is 4.62. The topological polar surface area (TPSA) is 76.0 Å². The molecule has 1 aromatic heterocycles. The first-order chi connectivity index (χ1) is 8.11. The lowest BCUT2D eigenvalue weighted by Gasteiger charge is -2.09. The van der Waals surface area contributed by atoms with Crippen LogP contribution in [0.3, 0.4) is 0 Å². The van der Waals surface area contributed by atoms with Gasteiger partial charge in [-0.3, -0.25) is 4.79 Å². The molecule has 92 valence electrons. The highest BCUT2D eigenvalue weighted by Crippen LogP contribution is 2.16. The number of rotatable bonds is 5. The first-order valence-electron chi connectivity index (χ1n) is 5.08. The van der Waals surface area contributed by atoms with E-state index in [-0.39, 0.29) is 12.3 Å². The van der Waals surface area contributed by atoms with Crippen LogP contribution in [-0.4, -0.2) is 29.3 Å². The lowest BCUT2D eigenvalue weighted by molar-refractivity contribution is -0.154. The Balaban J connectivity index is 2.85. The normalized spacial score (nSPS) is 13.2. The van der Waals surface area contributed by atoms with E-state index in [1.807, 2.05) is 0 Å². The predicted molar refractivity (Wildman–Crippen MR) is 63.4 cm³/mol. The average molecular weight is 255 g/mol. The van der Waals surface area contributed by atoms with Crippen molar-refractivity contribution >= 4 is 28.8 Å². The molecule has 1 heterocycles. The molecule has 0 aliphatic heterocycles. The van der Waals surface area contributed by atoms with Gasteiger partial charge >= 0.3 is 5.97 Å². The number of nitrogens with zero attached hydrogens (tertiary/aromatic N) is 1. The fourth-order valence-electron chi connectivity index (χ4n) is 1.28. The van der Waals surface area contributed by atoms with Crippen molar-refractivity contribution in [1.29, 1.82) is 0 Å². The van der Waals surface area contributed by atoms with E-state index >= 15 is 0 Å². The monoisotopic (exact) mass is 255 g/mol. The molecule has 5 nitrogen and oxygen atoms in total. The Morgan fingerprint density at radius 1 is 1.59 bits per heavy atom. The molecule has 0 saturated heterocycles. The van der Waals surface area contributed by atoms with E-state index in [9.17, 15) is 9.59 Å². The first-order valence-corrected chi connectivity index (χ1v) is 5.96. The fraction of sp³-hybridized carbons (Fsp3) is 0.364. The van der Waals surface area contributed by atoms with Gasteiger partial charge in [0.1, 0.15) is 5.71 Å². The maximum absolute atomic E-state index is 11.7. The summed E-state index contributed by atoms with van der Waals surface area (Å²) in [4.78, 5) is 23.6. The molecule has 17 heavy (non-hydrogen) atoms. The molecule has 0 aromatic carbocycles. The van der Waals surface area contributed by atoms with Gasteiger partial charge in [-0.2, -0.15) is 0 Å². The molecular weight excluding hydrogens is 242 g/mol. The number of Topliss-reactive ketones (excluding diaryl/α,β-unsaturated/α-hetero) is 1. The van der Waals surface area contributed by atoms with Crippen LogP contribution in [0.25, 0.3) is 0 Å². The largest absolute Gasteiger partial charge is 0.460 e. The number of ether oxygens (including phenoxy) is 1. The number of hydrogen-bond acceptors (Lipinski definition) is 6. The van der Waals surface area contributed by atoms with Gasteiger partial charge in [0.05, 0.1) is 17.4 Å². The van der Waals surface area contributed by atoms with Crippen molar-refractivity contribution in [2.75, 3.05) is 6.61 Å². The highest BCUT2D eigenvalue weighted by atomic mass is 32.1. The highest BCUT2D eigenvalue weighted by Gasteiger charge is 2.28. The Labute approximate surface area is 103 Å². The minimum absolute atomic E-state index is 0.141. The fourth-order valence-corrected chi connectivity index (χ4v) is 2.08. The third-order valence-corrected chi connectivity index (χ3v) is 3.05. The van der Waals surface area contributed by atoms with Crippen LogP contribution in [0.15, 0.2) is 22.7 Å². The second kappa shape index (κ2) is 6.15. The molecule has 1 N–H and O–H groups in total. The minimum atomic E-state index is -0.905. The highest BCUT2D eigenvalue weighted by molar-refractivity contribution is 7.12. The third-order valence-electron chi connectivity index (χ3n) is 2.16. The van der Waals surface area contributed by atoms with Crippen molar-refractivity contribution < 1.29 is 19.5 Å². The summed E-state index contributed by atoms with van der Waals surface area (Å²) in [5.41, 5.74) is 0.179. The summed E-state index contributed by atoms with van der Waals surface area (Å²) in [7, 11) is 0. The molecule has 6 heteroatoms. The quantitative estimate of drug-likeness (QED) is 0.285. The summed E-state index contributed by atoms with van der Waals surface area (Å²) in [5.74, 6) is -2.44. The number of ketones is 1. The van der Waals surface area contributed by atoms with Crippen LogP contribution in [0, 0.1) is 5.92 Å². The van der Waals surface area contributed by atoms with E-state index in [1.165, 1.54) is 18.3 Å². The van der Waals surface area contributed by atoms with E-state index < -0.39 is 17.7 Å². The minimum Gasteiger partial charge on any atom is -0.460 e. The number of carbonyl (C=O) groups is 2. The van der Waals surface area contributed by atoms with Gasteiger partial charge in [0.25, 0.3) is 0 Å². The van der Waals surface area contributed by atoms with Crippen LogP contribution in [0.4, 0.5) is 0 Å². The van der Waals surface area contributed by atoms with Gasteiger partial charge in [0.2, 0.25) is 5.78 Å². The second-order valence-electron chi connectivity index (χ2n) is 3.27. The van der Waals surface area contributed by atoms with Crippen LogP contribution in [0.5, 0.6) is 0 Å². The van der Waals surface area contributed by atoms with Gasteiger partial charge in [-0.15, -0.1) is 11.3 Å². The van der Waals surface area contributed by atoms with Crippen LogP contribution >= 0.6 is 11.3 Å². The van der Waals surface area contributed by atoms with Gasteiger partial charge in [0, 0.05) is 0 Å². The van der Waals surface area contributed by atoms with Gasteiger partial charge in [-0.1, -0.05) is 11.2 Å². The molecule has 1 unspecified atom stereocenters. The average Bonchev–Trinajstić information content (AvgIpc) is 2.83. The van der Waals surface area contributed by atoms with Crippen molar-refractivity contribution in [3.63, 3.8) is 0 Å². The van der Waals surface area contributed by atoms with Crippen LogP contribution in [0.2, 0.25) is 0 Å². The van der Waals surface area contributed by atoms with Gasteiger partial charge < -0.3 is 9.94 Å². The molecule has 1 aromatic rings. The number of carbonyl (C=O) groups excluding carboxylic acids is 2. The molecule has 0 fully saturated rings. The Bertz CT molecular complexity index is 425. The van der Waals surface area contributed by atoms with Crippen molar-refractivity contribution in [1.82, 2.24) is 0 Å². The lowest BCUT2D eigenvalue weighted by Crippen LogP contribution is -2.29. The first kappa shape index (κ1) is 13.4. The summed E-state index contributed by atoms with van der Waals surface area (Å²) in [6.07, 6.45) is 0. The Hall–Kier alpha value is -1.69. The molecule has 1 atom stereocenters. The van der Waals surface area contributed by atoms with Crippen LogP contribution in [0.1, 0.15) is 18.7 Å². The van der Waals surface area contributed by atoms with Crippen LogP contribution in [-0.2, 0) is 14.3 Å². The zero-order valence-corrected chi connectivity index (χ0v) is 10.4. The molecule has 1 rings (SSSR count). The summed E-state index contributed by atoms with van der Waals surface area (Å²) in [6, 6.07) is 3.49. The predicted octanol–water partition coefficient (Wildman–Crippen LogP) is 1.69. The van der Waals surface area contributed by atoms with Crippen molar-refractivity contribution in [3.05, 3.63) is 22.4 Å². The van der Waals surface area contributed by atoms with Crippen molar-refractivity contribution in [2.24, 2.45) is 11.1 Å². The number of thiophene rings is 1.